The zero-order valence-corrected chi connectivity index (χ0v) is 10.2. The Morgan fingerprint density at radius 1 is 1.62 bits per heavy atom. The number of nitrogens with two attached hydrogens (primary N) is 1. The lowest BCUT2D eigenvalue weighted by molar-refractivity contribution is -0.132. The van der Waals surface area contributed by atoms with E-state index in [-0.39, 0.29) is 11.8 Å². The Morgan fingerprint density at radius 3 is 2.69 bits per heavy atom. The minimum absolute atomic E-state index is 0.0735. The number of rotatable bonds is 4. The summed E-state index contributed by atoms with van der Waals surface area (Å²) in [7, 11) is 1.72. The number of hydrogen-bond acceptors (Lipinski definition) is 4. The summed E-state index contributed by atoms with van der Waals surface area (Å²) in [5, 5.41) is 3.83. The molecule has 1 unspecified atom stereocenters. The predicted molar refractivity (Wildman–Crippen MR) is 60.5 cm³/mol. The summed E-state index contributed by atoms with van der Waals surface area (Å²) < 4.78 is 4.93. The molecule has 1 aromatic rings. The van der Waals surface area contributed by atoms with Gasteiger partial charge in [-0.05, 0) is 12.8 Å². The number of amides is 1. The molecule has 0 aliphatic carbocycles. The summed E-state index contributed by atoms with van der Waals surface area (Å²) >= 11 is 0. The van der Waals surface area contributed by atoms with Crippen LogP contribution in [-0.4, -0.2) is 29.1 Å². The van der Waals surface area contributed by atoms with Gasteiger partial charge in [0.1, 0.15) is 11.5 Å². The van der Waals surface area contributed by atoms with Crippen LogP contribution in [0.15, 0.2) is 10.6 Å². The number of carbonyl (C=O) groups excluding carboxylic acids is 1. The SMILES string of the molecule is Cc1cc(CN(C)C(=O)C(N)C(C)C)no1. The molecule has 0 aliphatic rings. The van der Waals surface area contributed by atoms with Crippen molar-refractivity contribution in [3.63, 3.8) is 0 Å². The molecule has 1 atom stereocenters. The minimum Gasteiger partial charge on any atom is -0.361 e. The summed E-state index contributed by atoms with van der Waals surface area (Å²) in [5.41, 5.74) is 6.52. The first kappa shape index (κ1) is 12.7. The smallest absolute Gasteiger partial charge is 0.239 e. The second-order valence-corrected chi connectivity index (χ2v) is 4.39. The van der Waals surface area contributed by atoms with Crippen LogP contribution in [-0.2, 0) is 11.3 Å². The Morgan fingerprint density at radius 2 is 2.25 bits per heavy atom. The van der Waals surface area contributed by atoms with Gasteiger partial charge < -0.3 is 15.2 Å². The summed E-state index contributed by atoms with van der Waals surface area (Å²) in [5.74, 6) is 0.800. The fraction of sp³-hybridized carbons (Fsp3) is 0.636. The molecule has 5 heteroatoms. The number of nitrogens with zero attached hydrogens (tertiary/aromatic N) is 2. The van der Waals surface area contributed by atoms with Gasteiger partial charge >= 0.3 is 0 Å². The topological polar surface area (TPSA) is 72.4 Å². The van der Waals surface area contributed by atoms with Crippen LogP contribution in [0.25, 0.3) is 0 Å². The molecule has 1 heterocycles. The van der Waals surface area contributed by atoms with Crippen molar-refractivity contribution in [2.75, 3.05) is 7.05 Å². The molecule has 0 bridgehead atoms. The fourth-order valence-corrected chi connectivity index (χ4v) is 1.35. The Kier molecular flexibility index (Phi) is 4.06. The molecule has 2 N–H and O–H groups in total. The van der Waals surface area contributed by atoms with Gasteiger partial charge in [0.05, 0.1) is 12.6 Å². The molecule has 5 nitrogen and oxygen atoms in total. The molecule has 0 aromatic carbocycles. The van der Waals surface area contributed by atoms with Crippen LogP contribution in [0, 0.1) is 12.8 Å². The molecule has 0 fully saturated rings. The van der Waals surface area contributed by atoms with Crippen LogP contribution in [0.3, 0.4) is 0 Å². The molecule has 1 amide bonds. The first-order valence-electron chi connectivity index (χ1n) is 5.34. The number of likely N-dealkylation sites (N-methyl/N-ethyl adjacent to an activating group) is 1. The van der Waals surface area contributed by atoms with Crippen molar-refractivity contribution in [2.45, 2.75) is 33.4 Å². The minimum atomic E-state index is -0.460. The van der Waals surface area contributed by atoms with E-state index >= 15 is 0 Å². The van der Waals surface area contributed by atoms with Crippen molar-refractivity contribution in [3.8, 4) is 0 Å². The van der Waals surface area contributed by atoms with Gasteiger partial charge in [-0.15, -0.1) is 0 Å². The van der Waals surface area contributed by atoms with E-state index in [0.29, 0.717) is 6.54 Å². The average Bonchev–Trinajstić information content (AvgIpc) is 2.61. The molecule has 1 rings (SSSR count). The Balaban J connectivity index is 2.58. The van der Waals surface area contributed by atoms with Crippen LogP contribution < -0.4 is 5.73 Å². The first-order valence-corrected chi connectivity index (χ1v) is 5.34. The average molecular weight is 225 g/mol. The molecule has 16 heavy (non-hydrogen) atoms. The molecule has 90 valence electrons. The third-order valence-corrected chi connectivity index (χ3v) is 2.46. The van der Waals surface area contributed by atoms with Crippen molar-refractivity contribution >= 4 is 5.91 Å². The predicted octanol–water partition coefficient (Wildman–Crippen LogP) is 0.925. The summed E-state index contributed by atoms with van der Waals surface area (Å²) in [6.45, 7) is 6.10. The van der Waals surface area contributed by atoms with Gasteiger partial charge in [-0.3, -0.25) is 4.79 Å². The molecule has 0 spiro atoms. The van der Waals surface area contributed by atoms with Gasteiger partial charge in [-0.25, -0.2) is 0 Å². The Hall–Kier alpha value is -1.36. The van der Waals surface area contributed by atoms with E-state index in [1.54, 1.807) is 11.9 Å². The molecular formula is C11H19N3O2. The number of carbonyl (C=O) groups is 1. The lowest BCUT2D eigenvalue weighted by Gasteiger charge is -2.22. The maximum atomic E-state index is 11.8. The molecule has 0 radical (unpaired) electrons. The van der Waals surface area contributed by atoms with Crippen LogP contribution in [0.1, 0.15) is 25.3 Å². The largest absolute Gasteiger partial charge is 0.361 e. The zero-order chi connectivity index (χ0) is 12.3. The van der Waals surface area contributed by atoms with Gasteiger partial charge in [-0.1, -0.05) is 19.0 Å². The number of hydrogen-bond donors (Lipinski definition) is 1. The summed E-state index contributed by atoms with van der Waals surface area (Å²) in [4.78, 5) is 13.4. The van der Waals surface area contributed by atoms with E-state index in [0.717, 1.165) is 11.5 Å². The van der Waals surface area contributed by atoms with Gasteiger partial charge in [0, 0.05) is 13.1 Å². The maximum Gasteiger partial charge on any atom is 0.239 e. The third-order valence-electron chi connectivity index (χ3n) is 2.46. The maximum absolute atomic E-state index is 11.8. The van der Waals surface area contributed by atoms with Crippen molar-refractivity contribution < 1.29 is 9.32 Å². The highest BCUT2D eigenvalue weighted by Crippen LogP contribution is 2.07. The number of aryl methyl sites for hydroxylation is 1. The van der Waals surface area contributed by atoms with E-state index in [4.69, 9.17) is 10.3 Å². The Bertz CT molecular complexity index is 360. The standard InChI is InChI=1S/C11H19N3O2/c1-7(2)10(12)11(15)14(4)6-9-5-8(3)16-13-9/h5,7,10H,6,12H2,1-4H3. The molecule has 1 aromatic heterocycles. The van der Waals surface area contributed by atoms with Crippen molar-refractivity contribution in [1.29, 1.82) is 0 Å². The van der Waals surface area contributed by atoms with Crippen molar-refractivity contribution in [1.82, 2.24) is 10.1 Å². The second-order valence-electron chi connectivity index (χ2n) is 4.39. The zero-order valence-electron chi connectivity index (χ0n) is 10.2. The molecule has 0 saturated heterocycles. The van der Waals surface area contributed by atoms with E-state index in [9.17, 15) is 4.79 Å². The van der Waals surface area contributed by atoms with E-state index in [1.807, 2.05) is 26.8 Å². The highest BCUT2D eigenvalue weighted by Gasteiger charge is 2.21. The summed E-state index contributed by atoms with van der Waals surface area (Å²) in [6.07, 6.45) is 0. The fourth-order valence-electron chi connectivity index (χ4n) is 1.35. The molecular weight excluding hydrogens is 206 g/mol. The van der Waals surface area contributed by atoms with Crippen molar-refractivity contribution in [2.24, 2.45) is 11.7 Å². The van der Waals surface area contributed by atoms with E-state index < -0.39 is 6.04 Å². The molecule has 0 saturated carbocycles. The third kappa shape index (κ3) is 3.06. The van der Waals surface area contributed by atoms with Crippen LogP contribution in [0.2, 0.25) is 0 Å². The quantitative estimate of drug-likeness (QED) is 0.827. The van der Waals surface area contributed by atoms with Crippen LogP contribution >= 0.6 is 0 Å². The van der Waals surface area contributed by atoms with E-state index in [2.05, 4.69) is 5.16 Å². The first-order chi connectivity index (χ1) is 7.41. The van der Waals surface area contributed by atoms with E-state index in [1.165, 1.54) is 0 Å². The Labute approximate surface area is 95.6 Å². The molecule has 0 aliphatic heterocycles. The lowest BCUT2D eigenvalue weighted by Crippen LogP contribution is -2.44. The highest BCUT2D eigenvalue weighted by molar-refractivity contribution is 5.81. The van der Waals surface area contributed by atoms with Crippen LogP contribution in [0.4, 0.5) is 0 Å². The van der Waals surface area contributed by atoms with Gasteiger partial charge in [0.2, 0.25) is 5.91 Å². The highest BCUT2D eigenvalue weighted by atomic mass is 16.5. The van der Waals surface area contributed by atoms with Crippen molar-refractivity contribution in [3.05, 3.63) is 17.5 Å². The van der Waals surface area contributed by atoms with Gasteiger partial charge in [0.15, 0.2) is 0 Å². The van der Waals surface area contributed by atoms with Crippen LogP contribution in [0.5, 0.6) is 0 Å². The van der Waals surface area contributed by atoms with Gasteiger partial charge in [0.25, 0.3) is 0 Å². The number of aromatic nitrogens is 1. The lowest BCUT2D eigenvalue weighted by atomic mass is 10.0. The normalized spacial score (nSPS) is 12.9. The second kappa shape index (κ2) is 5.12. The summed E-state index contributed by atoms with van der Waals surface area (Å²) in [6, 6.07) is 1.35. The van der Waals surface area contributed by atoms with Gasteiger partial charge in [-0.2, -0.15) is 0 Å². The monoisotopic (exact) mass is 225 g/mol.